The number of hydrogen-bond donors (Lipinski definition) is 2. The summed E-state index contributed by atoms with van der Waals surface area (Å²) in [7, 11) is 0. The molecule has 1 amide bonds. The van der Waals surface area contributed by atoms with Gasteiger partial charge in [-0.2, -0.15) is 0 Å². The van der Waals surface area contributed by atoms with Crippen LogP contribution in [-0.4, -0.2) is 18.5 Å². The van der Waals surface area contributed by atoms with Crippen molar-refractivity contribution in [2.24, 2.45) is 11.7 Å². The summed E-state index contributed by atoms with van der Waals surface area (Å²) in [6.45, 7) is 4.39. The van der Waals surface area contributed by atoms with Crippen LogP contribution in [0.15, 0.2) is 17.5 Å². The van der Waals surface area contributed by atoms with Gasteiger partial charge in [0.05, 0.1) is 0 Å². The summed E-state index contributed by atoms with van der Waals surface area (Å²) in [5.41, 5.74) is 5.64. The molecule has 1 heterocycles. The number of nitrogens with one attached hydrogen (secondary N) is 1. The smallest absolute Gasteiger partial charge is 0.224 e. The molecular formula is C11H19ClN2OS. The van der Waals surface area contributed by atoms with Crippen molar-refractivity contribution < 1.29 is 4.79 Å². The van der Waals surface area contributed by atoms with Crippen LogP contribution in [0.1, 0.15) is 18.7 Å². The van der Waals surface area contributed by atoms with E-state index in [-0.39, 0.29) is 30.3 Å². The molecule has 0 bridgehead atoms. The normalized spacial score (nSPS) is 13.7. The van der Waals surface area contributed by atoms with E-state index in [0.29, 0.717) is 6.54 Å². The highest BCUT2D eigenvalue weighted by Crippen LogP contribution is 2.08. The molecular weight excluding hydrogens is 244 g/mol. The van der Waals surface area contributed by atoms with Gasteiger partial charge in [0.1, 0.15) is 0 Å². The molecule has 0 aliphatic carbocycles. The Hall–Kier alpha value is -0.580. The van der Waals surface area contributed by atoms with E-state index >= 15 is 0 Å². The fraction of sp³-hybridized carbons (Fsp3) is 0.545. The van der Waals surface area contributed by atoms with Crippen LogP contribution >= 0.6 is 23.7 Å². The summed E-state index contributed by atoms with van der Waals surface area (Å²) in [5.74, 6) is -0.0742. The van der Waals surface area contributed by atoms with Gasteiger partial charge in [-0.3, -0.25) is 4.79 Å². The van der Waals surface area contributed by atoms with Crippen LogP contribution in [0.25, 0.3) is 0 Å². The summed E-state index contributed by atoms with van der Waals surface area (Å²) in [6.07, 6.45) is 0.898. The average molecular weight is 263 g/mol. The van der Waals surface area contributed by atoms with Gasteiger partial charge in [-0.25, -0.2) is 0 Å². The summed E-state index contributed by atoms with van der Waals surface area (Å²) in [4.78, 5) is 12.8. The maximum atomic E-state index is 11.5. The zero-order valence-corrected chi connectivity index (χ0v) is 11.2. The van der Waals surface area contributed by atoms with Crippen LogP contribution in [-0.2, 0) is 11.2 Å². The van der Waals surface area contributed by atoms with Crippen molar-refractivity contribution in [3.05, 3.63) is 22.4 Å². The molecule has 0 fully saturated rings. The van der Waals surface area contributed by atoms with Gasteiger partial charge in [0.15, 0.2) is 0 Å². The number of amides is 1. The minimum atomic E-state index is -0.117. The maximum Gasteiger partial charge on any atom is 0.224 e. The minimum Gasteiger partial charge on any atom is -0.355 e. The Balaban J connectivity index is 0.00000225. The standard InChI is InChI=1S/C11H18N2OS.ClH/c1-8(9(2)12)11(14)13-6-5-10-4-3-7-15-10;/h3-4,7-9H,5-6,12H2,1-2H3,(H,13,14);1H. The third kappa shape index (κ3) is 4.96. The Morgan fingerprint density at radius 2 is 2.25 bits per heavy atom. The molecule has 1 rings (SSSR count). The zero-order chi connectivity index (χ0) is 11.3. The van der Waals surface area contributed by atoms with Gasteiger partial charge < -0.3 is 11.1 Å². The summed E-state index contributed by atoms with van der Waals surface area (Å²) in [5, 5.41) is 4.93. The Bertz CT molecular complexity index is 301. The van der Waals surface area contributed by atoms with Gasteiger partial charge in [-0.1, -0.05) is 13.0 Å². The highest BCUT2D eigenvalue weighted by molar-refractivity contribution is 7.09. The van der Waals surface area contributed by atoms with Crippen molar-refractivity contribution in [2.45, 2.75) is 26.3 Å². The predicted molar refractivity (Wildman–Crippen MR) is 71.1 cm³/mol. The Morgan fingerprint density at radius 1 is 1.56 bits per heavy atom. The van der Waals surface area contributed by atoms with Gasteiger partial charge in [0.2, 0.25) is 5.91 Å². The van der Waals surface area contributed by atoms with Crippen molar-refractivity contribution in [2.75, 3.05) is 6.54 Å². The monoisotopic (exact) mass is 262 g/mol. The van der Waals surface area contributed by atoms with E-state index < -0.39 is 0 Å². The molecule has 16 heavy (non-hydrogen) atoms. The molecule has 0 saturated carbocycles. The second-order valence-corrected chi connectivity index (χ2v) is 4.80. The second-order valence-electron chi connectivity index (χ2n) is 3.77. The Kier molecular flexibility index (Phi) is 7.38. The Labute approximate surface area is 107 Å². The number of carbonyl (C=O) groups is 1. The van der Waals surface area contributed by atoms with Crippen molar-refractivity contribution >= 4 is 29.7 Å². The molecule has 92 valence electrons. The fourth-order valence-electron chi connectivity index (χ4n) is 1.16. The first-order valence-electron chi connectivity index (χ1n) is 5.17. The molecule has 0 aromatic carbocycles. The van der Waals surface area contributed by atoms with Crippen LogP contribution in [0, 0.1) is 5.92 Å². The first-order valence-corrected chi connectivity index (χ1v) is 6.05. The topological polar surface area (TPSA) is 55.1 Å². The van der Waals surface area contributed by atoms with E-state index in [1.807, 2.05) is 25.3 Å². The zero-order valence-electron chi connectivity index (χ0n) is 9.60. The molecule has 5 heteroatoms. The van der Waals surface area contributed by atoms with Gasteiger partial charge in [0.25, 0.3) is 0 Å². The first kappa shape index (κ1) is 15.4. The quantitative estimate of drug-likeness (QED) is 0.850. The molecule has 2 unspecified atom stereocenters. The van der Waals surface area contributed by atoms with E-state index in [1.165, 1.54) is 4.88 Å². The number of nitrogens with two attached hydrogens (primary N) is 1. The van der Waals surface area contributed by atoms with E-state index in [9.17, 15) is 4.79 Å². The Morgan fingerprint density at radius 3 is 2.75 bits per heavy atom. The van der Waals surface area contributed by atoms with Gasteiger partial charge in [0, 0.05) is 23.4 Å². The van der Waals surface area contributed by atoms with Crippen LogP contribution in [0.3, 0.4) is 0 Å². The largest absolute Gasteiger partial charge is 0.355 e. The molecule has 3 N–H and O–H groups in total. The summed E-state index contributed by atoms with van der Waals surface area (Å²) >= 11 is 1.71. The molecule has 0 aliphatic heterocycles. The minimum absolute atomic E-state index is 0. The first-order chi connectivity index (χ1) is 7.11. The van der Waals surface area contributed by atoms with E-state index in [2.05, 4.69) is 11.4 Å². The molecule has 1 aromatic rings. The van der Waals surface area contributed by atoms with Crippen molar-refractivity contribution in [3.8, 4) is 0 Å². The number of halogens is 1. The lowest BCUT2D eigenvalue weighted by molar-refractivity contribution is -0.124. The van der Waals surface area contributed by atoms with Gasteiger partial charge >= 0.3 is 0 Å². The summed E-state index contributed by atoms with van der Waals surface area (Å²) < 4.78 is 0. The molecule has 0 saturated heterocycles. The third-order valence-corrected chi connectivity index (χ3v) is 3.39. The number of hydrogen-bond acceptors (Lipinski definition) is 3. The van der Waals surface area contributed by atoms with E-state index in [0.717, 1.165) is 6.42 Å². The van der Waals surface area contributed by atoms with E-state index in [4.69, 9.17) is 5.73 Å². The van der Waals surface area contributed by atoms with E-state index in [1.54, 1.807) is 11.3 Å². The van der Waals surface area contributed by atoms with Crippen molar-refractivity contribution in [3.63, 3.8) is 0 Å². The van der Waals surface area contributed by atoms with Crippen LogP contribution in [0.5, 0.6) is 0 Å². The highest BCUT2D eigenvalue weighted by atomic mass is 35.5. The number of rotatable bonds is 5. The number of carbonyl (C=O) groups excluding carboxylic acids is 1. The van der Waals surface area contributed by atoms with Crippen molar-refractivity contribution in [1.82, 2.24) is 5.32 Å². The third-order valence-electron chi connectivity index (χ3n) is 2.45. The molecule has 0 aliphatic rings. The predicted octanol–water partition coefficient (Wildman–Crippen LogP) is 1.81. The maximum absolute atomic E-state index is 11.5. The molecule has 0 spiro atoms. The highest BCUT2D eigenvalue weighted by Gasteiger charge is 2.15. The van der Waals surface area contributed by atoms with Crippen LogP contribution < -0.4 is 11.1 Å². The molecule has 0 radical (unpaired) electrons. The molecule has 3 nitrogen and oxygen atoms in total. The van der Waals surface area contributed by atoms with Gasteiger partial charge in [-0.05, 0) is 24.8 Å². The fourth-order valence-corrected chi connectivity index (χ4v) is 1.87. The van der Waals surface area contributed by atoms with Crippen LogP contribution in [0.4, 0.5) is 0 Å². The molecule has 1 aromatic heterocycles. The summed E-state index contributed by atoms with van der Waals surface area (Å²) in [6, 6.07) is 4.00. The SMILES string of the molecule is CC(N)C(C)C(=O)NCCc1cccs1.Cl. The second kappa shape index (κ2) is 7.65. The lowest BCUT2D eigenvalue weighted by atomic mass is 10.0. The molecule has 2 atom stereocenters. The lowest BCUT2D eigenvalue weighted by Gasteiger charge is -2.14. The lowest BCUT2D eigenvalue weighted by Crippen LogP contribution is -2.39. The number of thiophene rings is 1. The van der Waals surface area contributed by atoms with Crippen LogP contribution in [0.2, 0.25) is 0 Å². The van der Waals surface area contributed by atoms with Crippen molar-refractivity contribution in [1.29, 1.82) is 0 Å². The average Bonchev–Trinajstić information content (AvgIpc) is 2.69. The van der Waals surface area contributed by atoms with Gasteiger partial charge in [-0.15, -0.1) is 23.7 Å².